The topological polar surface area (TPSA) is 38.5 Å². The van der Waals surface area contributed by atoms with Crippen molar-refractivity contribution in [1.29, 1.82) is 0 Å². The van der Waals surface area contributed by atoms with Gasteiger partial charge in [0.1, 0.15) is 0 Å². The summed E-state index contributed by atoms with van der Waals surface area (Å²) in [5, 5.41) is 0. The average molecular weight is 260 g/mol. The molecule has 0 amide bonds. The number of ether oxygens (including phenoxy) is 1. The normalized spacial score (nSPS) is 15.6. The fraction of sp³-hybridized carbons (Fsp3) is 0.500. The van der Waals surface area contributed by atoms with E-state index < -0.39 is 6.36 Å². The van der Waals surface area contributed by atoms with Gasteiger partial charge in [0.15, 0.2) is 0 Å². The molecule has 1 aromatic carbocycles. The Morgan fingerprint density at radius 1 is 1.33 bits per heavy atom. The minimum Gasteiger partial charge on any atom is -0.399 e. The van der Waals surface area contributed by atoms with E-state index in [-0.39, 0.29) is 13.2 Å². The molecular formula is C12H15F3N2O. The Morgan fingerprint density at radius 2 is 2.11 bits per heavy atom. The quantitative estimate of drug-likeness (QED) is 0.849. The van der Waals surface area contributed by atoms with Crippen LogP contribution in [-0.2, 0) is 11.2 Å². The van der Waals surface area contributed by atoms with Gasteiger partial charge >= 0.3 is 6.36 Å². The number of nitrogens with zero attached hydrogens (tertiary/aromatic N) is 1. The van der Waals surface area contributed by atoms with Crippen LogP contribution in [0.4, 0.5) is 24.5 Å². The Bertz CT molecular complexity index is 420. The van der Waals surface area contributed by atoms with Gasteiger partial charge in [-0.15, -0.1) is 13.2 Å². The minimum absolute atomic E-state index is 0.233. The summed E-state index contributed by atoms with van der Waals surface area (Å²) in [5.74, 6) is 0. The number of hydrogen-bond acceptors (Lipinski definition) is 3. The summed E-state index contributed by atoms with van der Waals surface area (Å²) in [4.78, 5) is 1.91. The molecule has 2 rings (SSSR count). The third-order valence-corrected chi connectivity index (χ3v) is 2.95. The van der Waals surface area contributed by atoms with E-state index in [0.717, 1.165) is 30.6 Å². The number of nitrogen functional groups attached to an aromatic ring is 1. The molecule has 1 heterocycles. The van der Waals surface area contributed by atoms with E-state index in [9.17, 15) is 13.2 Å². The number of hydrogen-bond donors (Lipinski definition) is 1. The Kier molecular flexibility index (Phi) is 3.65. The van der Waals surface area contributed by atoms with Crippen molar-refractivity contribution in [2.75, 3.05) is 30.3 Å². The molecule has 3 nitrogen and oxygen atoms in total. The second-order valence-electron chi connectivity index (χ2n) is 4.27. The van der Waals surface area contributed by atoms with Crippen LogP contribution >= 0.6 is 0 Å². The molecule has 1 aromatic rings. The molecule has 6 heteroatoms. The van der Waals surface area contributed by atoms with Crippen molar-refractivity contribution in [1.82, 2.24) is 0 Å². The summed E-state index contributed by atoms with van der Waals surface area (Å²) in [5.41, 5.74) is 8.43. The van der Waals surface area contributed by atoms with Gasteiger partial charge in [0, 0.05) is 24.5 Å². The van der Waals surface area contributed by atoms with Crippen LogP contribution in [0.1, 0.15) is 12.0 Å². The van der Waals surface area contributed by atoms with Crippen LogP contribution in [-0.4, -0.2) is 26.1 Å². The van der Waals surface area contributed by atoms with Crippen molar-refractivity contribution in [2.24, 2.45) is 0 Å². The molecule has 0 saturated carbocycles. The summed E-state index contributed by atoms with van der Waals surface area (Å²) >= 11 is 0. The third kappa shape index (κ3) is 3.29. The molecule has 0 aromatic heterocycles. The predicted octanol–water partition coefficient (Wildman–Crippen LogP) is 2.56. The van der Waals surface area contributed by atoms with Gasteiger partial charge in [-0.25, -0.2) is 0 Å². The molecule has 1 aliphatic rings. The number of rotatable bonds is 3. The molecule has 0 saturated heterocycles. The number of aryl methyl sites for hydroxylation is 1. The number of benzene rings is 1. The lowest BCUT2D eigenvalue weighted by atomic mass is 10.0. The van der Waals surface area contributed by atoms with E-state index in [0.29, 0.717) is 5.69 Å². The van der Waals surface area contributed by atoms with Crippen molar-refractivity contribution >= 4 is 11.4 Å². The summed E-state index contributed by atoms with van der Waals surface area (Å²) in [7, 11) is 0. The molecular weight excluding hydrogens is 245 g/mol. The Balaban J connectivity index is 2.00. The van der Waals surface area contributed by atoms with Gasteiger partial charge in [0.25, 0.3) is 0 Å². The van der Waals surface area contributed by atoms with Gasteiger partial charge < -0.3 is 10.6 Å². The molecule has 0 radical (unpaired) electrons. The lowest BCUT2D eigenvalue weighted by molar-refractivity contribution is -0.323. The molecule has 0 fully saturated rings. The fourth-order valence-corrected chi connectivity index (χ4v) is 2.20. The molecule has 0 atom stereocenters. The Hall–Kier alpha value is -1.43. The standard InChI is InChI=1S/C12H15F3N2O/c13-12(14,15)18-7-6-17-5-1-2-9-8-10(16)3-4-11(9)17/h3-4,8H,1-2,5-7,16H2. The van der Waals surface area contributed by atoms with Crippen molar-refractivity contribution in [3.63, 3.8) is 0 Å². The Morgan fingerprint density at radius 3 is 2.83 bits per heavy atom. The molecule has 1 aliphatic heterocycles. The maximum Gasteiger partial charge on any atom is 0.522 e. The predicted molar refractivity (Wildman–Crippen MR) is 63.4 cm³/mol. The van der Waals surface area contributed by atoms with E-state index in [1.165, 1.54) is 0 Å². The van der Waals surface area contributed by atoms with E-state index in [1.54, 1.807) is 6.07 Å². The van der Waals surface area contributed by atoms with Gasteiger partial charge in [-0.3, -0.25) is 4.74 Å². The number of halogens is 3. The number of anilines is 2. The zero-order valence-electron chi connectivity index (χ0n) is 9.83. The van der Waals surface area contributed by atoms with Gasteiger partial charge in [0.2, 0.25) is 0 Å². The number of nitrogens with two attached hydrogens (primary N) is 1. The lowest BCUT2D eigenvalue weighted by Crippen LogP contribution is -2.33. The lowest BCUT2D eigenvalue weighted by Gasteiger charge is -2.31. The SMILES string of the molecule is Nc1ccc2c(c1)CCCN2CCOC(F)(F)F. The van der Waals surface area contributed by atoms with E-state index in [1.807, 2.05) is 17.0 Å². The smallest absolute Gasteiger partial charge is 0.399 e. The summed E-state index contributed by atoms with van der Waals surface area (Å²) in [6.45, 7) is 0.627. The highest BCUT2D eigenvalue weighted by Crippen LogP contribution is 2.28. The van der Waals surface area contributed by atoms with Crippen molar-refractivity contribution in [3.05, 3.63) is 23.8 Å². The van der Waals surface area contributed by atoms with Gasteiger partial charge in [-0.2, -0.15) is 0 Å². The monoisotopic (exact) mass is 260 g/mol. The van der Waals surface area contributed by atoms with Crippen molar-refractivity contribution in [3.8, 4) is 0 Å². The second kappa shape index (κ2) is 5.06. The molecule has 0 unspecified atom stereocenters. The van der Waals surface area contributed by atoms with Crippen LogP contribution in [0, 0.1) is 0 Å². The molecule has 100 valence electrons. The fourth-order valence-electron chi connectivity index (χ4n) is 2.20. The summed E-state index contributed by atoms with van der Waals surface area (Å²) in [6.07, 6.45) is -2.72. The first-order chi connectivity index (χ1) is 8.46. The van der Waals surface area contributed by atoms with E-state index in [4.69, 9.17) is 5.73 Å². The van der Waals surface area contributed by atoms with Gasteiger partial charge in [-0.05, 0) is 36.6 Å². The number of alkyl halides is 3. The molecule has 0 spiro atoms. The van der Waals surface area contributed by atoms with Crippen molar-refractivity contribution in [2.45, 2.75) is 19.2 Å². The first-order valence-electron chi connectivity index (χ1n) is 5.80. The van der Waals surface area contributed by atoms with Crippen molar-refractivity contribution < 1.29 is 17.9 Å². The highest BCUT2D eigenvalue weighted by molar-refractivity contribution is 5.61. The van der Waals surface area contributed by atoms with Crippen LogP contribution in [0.2, 0.25) is 0 Å². The molecule has 2 N–H and O–H groups in total. The van der Waals surface area contributed by atoms with Gasteiger partial charge in [-0.1, -0.05) is 0 Å². The second-order valence-corrected chi connectivity index (χ2v) is 4.27. The maximum absolute atomic E-state index is 11.9. The van der Waals surface area contributed by atoms with E-state index >= 15 is 0 Å². The minimum atomic E-state index is -4.56. The van der Waals surface area contributed by atoms with Gasteiger partial charge in [0.05, 0.1) is 6.61 Å². The van der Waals surface area contributed by atoms with E-state index in [2.05, 4.69) is 4.74 Å². The highest BCUT2D eigenvalue weighted by atomic mass is 19.4. The molecule has 0 bridgehead atoms. The van der Waals surface area contributed by atoms with Crippen LogP contribution in [0.15, 0.2) is 18.2 Å². The molecule has 18 heavy (non-hydrogen) atoms. The van der Waals surface area contributed by atoms with Crippen LogP contribution in [0.5, 0.6) is 0 Å². The zero-order valence-corrected chi connectivity index (χ0v) is 9.83. The van der Waals surface area contributed by atoms with Crippen LogP contribution in [0.3, 0.4) is 0 Å². The van der Waals surface area contributed by atoms with Crippen LogP contribution < -0.4 is 10.6 Å². The third-order valence-electron chi connectivity index (χ3n) is 2.95. The summed E-state index contributed by atoms with van der Waals surface area (Å²) in [6, 6.07) is 5.51. The zero-order chi connectivity index (χ0) is 13.2. The Labute approximate surface area is 103 Å². The largest absolute Gasteiger partial charge is 0.522 e. The number of fused-ring (bicyclic) bond motifs is 1. The first-order valence-corrected chi connectivity index (χ1v) is 5.80. The summed E-state index contributed by atoms with van der Waals surface area (Å²) < 4.78 is 39.5. The van der Waals surface area contributed by atoms with Crippen LogP contribution in [0.25, 0.3) is 0 Å². The molecule has 0 aliphatic carbocycles. The maximum atomic E-state index is 11.9. The highest BCUT2D eigenvalue weighted by Gasteiger charge is 2.29. The average Bonchev–Trinajstić information content (AvgIpc) is 2.27. The first kappa shape index (κ1) is 13.0.